The van der Waals surface area contributed by atoms with Crippen LogP contribution in [-0.2, 0) is 17.9 Å². The third kappa shape index (κ3) is 4.24. The van der Waals surface area contributed by atoms with Crippen LogP contribution in [-0.4, -0.2) is 26.4 Å². The largest absolute Gasteiger partial charge is 0.486 e. The molecule has 0 aliphatic heterocycles. The summed E-state index contributed by atoms with van der Waals surface area (Å²) in [5, 5.41) is 8.92. The van der Waals surface area contributed by atoms with Gasteiger partial charge < -0.3 is 15.0 Å². The van der Waals surface area contributed by atoms with Crippen LogP contribution in [0.1, 0.15) is 23.9 Å². The van der Waals surface area contributed by atoms with E-state index in [1.807, 2.05) is 37.5 Å². The van der Waals surface area contributed by atoms with Gasteiger partial charge in [0.05, 0.1) is 5.75 Å². The van der Waals surface area contributed by atoms with Crippen molar-refractivity contribution in [3.63, 3.8) is 0 Å². The minimum absolute atomic E-state index is 0.191. The Labute approximate surface area is 134 Å². The van der Waals surface area contributed by atoms with Gasteiger partial charge in [-0.25, -0.2) is 0 Å². The number of carbonyl (C=O) groups is 1. The van der Waals surface area contributed by atoms with Crippen LogP contribution in [0.2, 0.25) is 0 Å². The second kappa shape index (κ2) is 7.31. The van der Waals surface area contributed by atoms with Crippen molar-refractivity contribution in [3.8, 4) is 5.75 Å². The van der Waals surface area contributed by atoms with Gasteiger partial charge in [0.25, 0.3) is 0 Å². The Balaban J connectivity index is 2.07. The monoisotopic (exact) mass is 320 g/mol. The predicted molar refractivity (Wildman–Crippen MR) is 85.9 cm³/mol. The molecule has 1 amide bonds. The average molecular weight is 320 g/mol. The van der Waals surface area contributed by atoms with Crippen LogP contribution in [0.3, 0.4) is 0 Å². The Morgan fingerprint density at radius 2 is 1.95 bits per heavy atom. The Kier molecular flexibility index (Phi) is 5.43. The molecule has 0 aliphatic carbocycles. The average Bonchev–Trinajstić information content (AvgIpc) is 2.83. The number of carbonyl (C=O) groups excluding carboxylic acids is 1. The lowest BCUT2D eigenvalue weighted by atomic mass is 10.1. The number of nitrogens with two attached hydrogens (primary N) is 1. The molecule has 22 heavy (non-hydrogen) atoms. The first-order valence-electron chi connectivity index (χ1n) is 7.04. The second-order valence-electron chi connectivity index (χ2n) is 5.01. The van der Waals surface area contributed by atoms with E-state index in [4.69, 9.17) is 10.5 Å². The number of nitrogens with zero attached hydrogens (tertiary/aromatic N) is 3. The van der Waals surface area contributed by atoms with E-state index in [9.17, 15) is 4.79 Å². The van der Waals surface area contributed by atoms with Crippen LogP contribution in [0, 0.1) is 13.8 Å². The first-order chi connectivity index (χ1) is 10.5. The number of hydrogen-bond donors (Lipinski definition) is 1. The number of thioether (sulfide) groups is 1. The number of primary amides is 1. The van der Waals surface area contributed by atoms with E-state index in [1.54, 1.807) is 0 Å². The molecule has 0 saturated heterocycles. The fourth-order valence-corrected chi connectivity index (χ4v) is 2.91. The summed E-state index contributed by atoms with van der Waals surface area (Å²) in [6, 6.07) is 6.07. The van der Waals surface area contributed by atoms with E-state index in [-0.39, 0.29) is 11.7 Å². The van der Waals surface area contributed by atoms with E-state index in [0.29, 0.717) is 18.3 Å². The smallest absolute Gasteiger partial charge is 0.227 e. The molecule has 118 valence electrons. The summed E-state index contributed by atoms with van der Waals surface area (Å²) >= 11 is 1.29. The molecule has 1 aromatic carbocycles. The standard InChI is InChI=1S/C15H20N4O2S/c1-4-19-14(17-18-15(19)22-9-13(16)20)8-21-12-6-10(2)5-11(3)7-12/h5-7H,4,8-9H2,1-3H3,(H2,16,20). The first kappa shape index (κ1) is 16.4. The van der Waals surface area contributed by atoms with Gasteiger partial charge in [-0.1, -0.05) is 17.8 Å². The fraction of sp³-hybridized carbons (Fsp3) is 0.400. The van der Waals surface area contributed by atoms with E-state index < -0.39 is 0 Å². The normalized spacial score (nSPS) is 10.7. The molecule has 0 radical (unpaired) electrons. The van der Waals surface area contributed by atoms with Gasteiger partial charge in [0.1, 0.15) is 12.4 Å². The van der Waals surface area contributed by atoms with Crippen molar-refractivity contribution in [2.45, 2.75) is 39.1 Å². The topological polar surface area (TPSA) is 83.0 Å². The molecule has 0 spiro atoms. The van der Waals surface area contributed by atoms with Crippen LogP contribution in [0.25, 0.3) is 0 Å². The van der Waals surface area contributed by atoms with Crippen molar-refractivity contribution >= 4 is 17.7 Å². The van der Waals surface area contributed by atoms with Crippen molar-refractivity contribution in [1.82, 2.24) is 14.8 Å². The molecule has 0 saturated carbocycles. The van der Waals surface area contributed by atoms with Crippen LogP contribution in [0.5, 0.6) is 5.75 Å². The highest BCUT2D eigenvalue weighted by Gasteiger charge is 2.13. The molecule has 7 heteroatoms. The molecule has 6 nitrogen and oxygen atoms in total. The lowest BCUT2D eigenvalue weighted by Gasteiger charge is -2.09. The molecule has 0 aliphatic rings. The molecule has 1 heterocycles. The van der Waals surface area contributed by atoms with Gasteiger partial charge in [0.15, 0.2) is 11.0 Å². The second-order valence-corrected chi connectivity index (χ2v) is 5.95. The fourth-order valence-electron chi connectivity index (χ4n) is 2.15. The van der Waals surface area contributed by atoms with Crippen molar-refractivity contribution in [1.29, 1.82) is 0 Å². The highest BCUT2D eigenvalue weighted by molar-refractivity contribution is 7.99. The van der Waals surface area contributed by atoms with Crippen molar-refractivity contribution in [2.24, 2.45) is 5.73 Å². The quantitative estimate of drug-likeness (QED) is 0.790. The maximum atomic E-state index is 10.9. The lowest BCUT2D eigenvalue weighted by molar-refractivity contribution is -0.115. The Morgan fingerprint density at radius 3 is 2.55 bits per heavy atom. The molecule has 2 N–H and O–H groups in total. The number of hydrogen-bond acceptors (Lipinski definition) is 5. The zero-order valence-electron chi connectivity index (χ0n) is 13.0. The summed E-state index contributed by atoms with van der Waals surface area (Å²) in [6.07, 6.45) is 0. The minimum Gasteiger partial charge on any atom is -0.486 e. The van der Waals surface area contributed by atoms with Crippen molar-refractivity contribution in [3.05, 3.63) is 35.2 Å². The third-order valence-corrected chi connectivity index (χ3v) is 4.01. The van der Waals surface area contributed by atoms with E-state index in [0.717, 1.165) is 22.7 Å². The SMILES string of the molecule is CCn1c(COc2cc(C)cc(C)c2)nnc1SCC(N)=O. The van der Waals surface area contributed by atoms with Crippen LogP contribution in [0.15, 0.2) is 23.4 Å². The number of benzene rings is 1. The van der Waals surface area contributed by atoms with Gasteiger partial charge in [-0.2, -0.15) is 0 Å². The van der Waals surface area contributed by atoms with Gasteiger partial charge in [-0.15, -0.1) is 10.2 Å². The van der Waals surface area contributed by atoms with Crippen LogP contribution in [0.4, 0.5) is 0 Å². The summed E-state index contributed by atoms with van der Waals surface area (Å²) in [5.41, 5.74) is 7.47. The summed E-state index contributed by atoms with van der Waals surface area (Å²) in [4.78, 5) is 10.9. The zero-order valence-corrected chi connectivity index (χ0v) is 13.8. The molecule has 0 unspecified atom stereocenters. The van der Waals surface area contributed by atoms with Crippen molar-refractivity contribution < 1.29 is 9.53 Å². The summed E-state index contributed by atoms with van der Waals surface area (Å²) in [5.74, 6) is 1.36. The summed E-state index contributed by atoms with van der Waals surface area (Å²) < 4.78 is 7.74. The Morgan fingerprint density at radius 1 is 1.27 bits per heavy atom. The Hall–Kier alpha value is -2.02. The lowest BCUT2D eigenvalue weighted by Crippen LogP contribution is -2.14. The molecular formula is C15H20N4O2S. The number of ether oxygens (including phenoxy) is 1. The van der Waals surface area contributed by atoms with E-state index in [1.165, 1.54) is 11.8 Å². The number of amides is 1. The summed E-state index contributed by atoms with van der Waals surface area (Å²) in [6.45, 7) is 7.11. The van der Waals surface area contributed by atoms with E-state index in [2.05, 4.69) is 16.3 Å². The van der Waals surface area contributed by atoms with Gasteiger partial charge >= 0.3 is 0 Å². The first-order valence-corrected chi connectivity index (χ1v) is 8.02. The minimum atomic E-state index is -0.372. The predicted octanol–water partition coefficient (Wildman–Crippen LogP) is 2.07. The zero-order chi connectivity index (χ0) is 16.1. The van der Waals surface area contributed by atoms with Crippen LogP contribution < -0.4 is 10.5 Å². The maximum Gasteiger partial charge on any atom is 0.227 e. The van der Waals surface area contributed by atoms with Gasteiger partial charge in [0, 0.05) is 6.54 Å². The molecule has 0 atom stereocenters. The van der Waals surface area contributed by atoms with Gasteiger partial charge in [-0.3, -0.25) is 4.79 Å². The highest BCUT2D eigenvalue weighted by atomic mass is 32.2. The number of aromatic nitrogens is 3. The van der Waals surface area contributed by atoms with Crippen LogP contribution >= 0.6 is 11.8 Å². The maximum absolute atomic E-state index is 10.9. The number of aryl methyl sites for hydroxylation is 2. The molecule has 0 fully saturated rings. The number of rotatable bonds is 7. The highest BCUT2D eigenvalue weighted by Crippen LogP contribution is 2.20. The van der Waals surface area contributed by atoms with E-state index >= 15 is 0 Å². The van der Waals surface area contributed by atoms with Gasteiger partial charge in [0.2, 0.25) is 5.91 Å². The third-order valence-electron chi connectivity index (χ3n) is 3.02. The Bertz CT molecular complexity index is 649. The molecular weight excluding hydrogens is 300 g/mol. The van der Waals surface area contributed by atoms with Gasteiger partial charge in [-0.05, 0) is 44.0 Å². The molecule has 1 aromatic heterocycles. The van der Waals surface area contributed by atoms with Crippen molar-refractivity contribution in [2.75, 3.05) is 5.75 Å². The molecule has 2 rings (SSSR count). The molecule has 2 aromatic rings. The summed E-state index contributed by atoms with van der Waals surface area (Å²) in [7, 11) is 0. The molecule has 0 bridgehead atoms.